The normalized spacial score (nSPS) is 13.2. The van der Waals surface area contributed by atoms with Gasteiger partial charge in [0.15, 0.2) is 0 Å². The molecule has 1 aromatic rings. The summed E-state index contributed by atoms with van der Waals surface area (Å²) in [5, 5.41) is 21.0. The number of alkyl halides is 3. The van der Waals surface area contributed by atoms with E-state index < -0.39 is 11.7 Å². The van der Waals surface area contributed by atoms with E-state index in [9.17, 15) is 18.3 Å². The van der Waals surface area contributed by atoms with Crippen molar-refractivity contribution in [2.75, 3.05) is 11.9 Å². The third-order valence-electron chi connectivity index (χ3n) is 2.81. The minimum atomic E-state index is -4.47. The van der Waals surface area contributed by atoms with Gasteiger partial charge in [-0.2, -0.15) is 18.4 Å². The van der Waals surface area contributed by atoms with E-state index in [2.05, 4.69) is 5.32 Å². The second kappa shape index (κ2) is 5.93. The molecule has 1 atom stereocenters. The fourth-order valence-corrected chi connectivity index (χ4v) is 1.56. The van der Waals surface area contributed by atoms with Crippen LogP contribution in [0.4, 0.5) is 18.9 Å². The minimum absolute atomic E-state index is 0.0823. The molecule has 0 heterocycles. The fourth-order valence-electron chi connectivity index (χ4n) is 1.56. The highest BCUT2D eigenvalue weighted by atomic mass is 19.4. The van der Waals surface area contributed by atoms with E-state index in [-0.39, 0.29) is 24.1 Å². The van der Waals surface area contributed by atoms with Gasteiger partial charge in [0.1, 0.15) is 6.07 Å². The molecule has 0 aromatic heterocycles. The summed E-state index contributed by atoms with van der Waals surface area (Å²) in [6.45, 7) is 3.57. The van der Waals surface area contributed by atoms with Gasteiger partial charge in [-0.15, -0.1) is 0 Å². The van der Waals surface area contributed by atoms with Crippen LogP contribution in [0.3, 0.4) is 0 Å². The van der Waals surface area contributed by atoms with Crippen molar-refractivity contribution < 1.29 is 18.3 Å². The van der Waals surface area contributed by atoms with Gasteiger partial charge in [0.05, 0.1) is 29.5 Å². The SMILES string of the molecule is CC(C)[C@@H](CO)Nc1ccc(C(F)(F)F)cc1C#N. The minimum Gasteiger partial charge on any atom is -0.394 e. The Morgan fingerprint density at radius 3 is 2.42 bits per heavy atom. The van der Waals surface area contributed by atoms with Crippen LogP contribution in [-0.4, -0.2) is 17.8 Å². The van der Waals surface area contributed by atoms with Gasteiger partial charge in [-0.3, -0.25) is 0 Å². The number of halogens is 3. The molecule has 0 aliphatic rings. The molecular formula is C13H15F3N2O. The summed E-state index contributed by atoms with van der Waals surface area (Å²) >= 11 is 0. The Morgan fingerprint density at radius 1 is 1.37 bits per heavy atom. The molecule has 0 unspecified atom stereocenters. The Bertz CT molecular complexity index is 478. The van der Waals surface area contributed by atoms with E-state index in [0.717, 1.165) is 12.1 Å². The van der Waals surface area contributed by atoms with Gasteiger partial charge in [0, 0.05) is 0 Å². The zero-order valence-corrected chi connectivity index (χ0v) is 10.6. The van der Waals surface area contributed by atoms with Crippen molar-refractivity contribution in [2.24, 2.45) is 5.92 Å². The largest absolute Gasteiger partial charge is 0.416 e. The molecule has 3 nitrogen and oxygen atoms in total. The number of nitrogens with one attached hydrogen (secondary N) is 1. The van der Waals surface area contributed by atoms with Crippen LogP contribution in [0.25, 0.3) is 0 Å². The lowest BCUT2D eigenvalue weighted by atomic mass is 10.0. The number of nitriles is 1. The van der Waals surface area contributed by atoms with E-state index in [0.29, 0.717) is 5.69 Å². The lowest BCUT2D eigenvalue weighted by Crippen LogP contribution is -2.29. The molecule has 104 valence electrons. The van der Waals surface area contributed by atoms with Crippen molar-refractivity contribution in [3.05, 3.63) is 29.3 Å². The molecule has 2 N–H and O–H groups in total. The molecule has 0 spiro atoms. The lowest BCUT2D eigenvalue weighted by molar-refractivity contribution is -0.137. The molecule has 0 bridgehead atoms. The Kier molecular flexibility index (Phi) is 4.78. The van der Waals surface area contributed by atoms with Gasteiger partial charge in [-0.1, -0.05) is 13.8 Å². The van der Waals surface area contributed by atoms with E-state index in [1.54, 1.807) is 6.07 Å². The van der Waals surface area contributed by atoms with Gasteiger partial charge in [-0.25, -0.2) is 0 Å². The zero-order chi connectivity index (χ0) is 14.6. The number of aliphatic hydroxyl groups is 1. The Labute approximate surface area is 109 Å². The standard InChI is InChI=1S/C13H15F3N2O/c1-8(2)12(7-19)18-11-4-3-10(13(14,15)16)5-9(11)6-17/h3-5,8,12,18-19H,7H2,1-2H3/t12-/m1/s1. The van der Waals surface area contributed by atoms with Crippen molar-refractivity contribution in [1.82, 2.24) is 0 Å². The Balaban J connectivity index is 3.07. The van der Waals surface area contributed by atoms with Crippen molar-refractivity contribution in [3.63, 3.8) is 0 Å². The number of rotatable bonds is 4. The van der Waals surface area contributed by atoms with Crippen LogP contribution in [-0.2, 0) is 6.18 Å². The van der Waals surface area contributed by atoms with Crippen molar-refractivity contribution in [1.29, 1.82) is 5.26 Å². The smallest absolute Gasteiger partial charge is 0.394 e. The molecule has 0 aliphatic carbocycles. The number of anilines is 1. The molecule has 0 saturated carbocycles. The van der Waals surface area contributed by atoms with Gasteiger partial charge >= 0.3 is 6.18 Å². The summed E-state index contributed by atoms with van der Waals surface area (Å²) in [4.78, 5) is 0. The first-order chi connectivity index (χ1) is 8.79. The number of aliphatic hydroxyl groups excluding tert-OH is 1. The molecule has 0 radical (unpaired) electrons. The topological polar surface area (TPSA) is 56.0 Å². The molecule has 6 heteroatoms. The number of nitrogens with zero attached hydrogens (tertiary/aromatic N) is 1. The highest BCUT2D eigenvalue weighted by molar-refractivity contribution is 5.59. The van der Waals surface area contributed by atoms with Gasteiger partial charge < -0.3 is 10.4 Å². The summed E-state index contributed by atoms with van der Waals surface area (Å²) in [6.07, 6.45) is -4.47. The van der Waals surface area contributed by atoms with Gasteiger partial charge in [0.2, 0.25) is 0 Å². The predicted octanol–water partition coefficient (Wildman–Crippen LogP) is 3.01. The Morgan fingerprint density at radius 2 is 2.00 bits per heavy atom. The maximum atomic E-state index is 12.5. The van der Waals surface area contributed by atoms with Crippen LogP contribution < -0.4 is 5.32 Å². The zero-order valence-electron chi connectivity index (χ0n) is 10.6. The van der Waals surface area contributed by atoms with Crippen LogP contribution in [0.5, 0.6) is 0 Å². The van der Waals surface area contributed by atoms with Gasteiger partial charge in [0.25, 0.3) is 0 Å². The van der Waals surface area contributed by atoms with Crippen LogP contribution in [0.2, 0.25) is 0 Å². The summed E-state index contributed by atoms with van der Waals surface area (Å²) in [5.74, 6) is 0.0823. The summed E-state index contributed by atoms with van der Waals surface area (Å²) in [7, 11) is 0. The van der Waals surface area contributed by atoms with Crippen molar-refractivity contribution in [2.45, 2.75) is 26.1 Å². The third kappa shape index (κ3) is 3.86. The highest BCUT2D eigenvalue weighted by Crippen LogP contribution is 2.32. The maximum Gasteiger partial charge on any atom is 0.416 e. The van der Waals surface area contributed by atoms with Gasteiger partial charge in [-0.05, 0) is 24.1 Å². The summed E-state index contributed by atoms with van der Waals surface area (Å²) in [6, 6.07) is 4.35. The van der Waals surface area contributed by atoms with E-state index in [1.165, 1.54) is 6.07 Å². The number of hydrogen-bond donors (Lipinski definition) is 2. The first-order valence-corrected chi connectivity index (χ1v) is 5.78. The van der Waals surface area contributed by atoms with Crippen molar-refractivity contribution in [3.8, 4) is 6.07 Å². The van der Waals surface area contributed by atoms with Crippen LogP contribution in [0, 0.1) is 17.2 Å². The summed E-state index contributed by atoms with van der Waals surface area (Å²) in [5.41, 5.74) is -0.656. The van der Waals surface area contributed by atoms with E-state index >= 15 is 0 Å². The number of benzene rings is 1. The molecular weight excluding hydrogens is 257 g/mol. The first kappa shape index (κ1) is 15.3. The molecule has 0 aliphatic heterocycles. The molecule has 0 saturated heterocycles. The molecule has 0 amide bonds. The van der Waals surface area contributed by atoms with Crippen molar-refractivity contribution >= 4 is 5.69 Å². The predicted molar refractivity (Wildman–Crippen MR) is 65.5 cm³/mol. The third-order valence-corrected chi connectivity index (χ3v) is 2.81. The monoisotopic (exact) mass is 272 g/mol. The average Bonchev–Trinajstić information content (AvgIpc) is 2.34. The summed E-state index contributed by atoms with van der Waals surface area (Å²) < 4.78 is 37.6. The van der Waals surface area contributed by atoms with Crippen LogP contribution >= 0.6 is 0 Å². The van der Waals surface area contributed by atoms with Crippen LogP contribution in [0.15, 0.2) is 18.2 Å². The second-order valence-electron chi connectivity index (χ2n) is 4.55. The van der Waals surface area contributed by atoms with E-state index in [1.807, 2.05) is 13.8 Å². The molecule has 1 rings (SSSR count). The quantitative estimate of drug-likeness (QED) is 0.885. The van der Waals surface area contributed by atoms with Crippen LogP contribution in [0.1, 0.15) is 25.0 Å². The second-order valence-corrected chi connectivity index (χ2v) is 4.55. The average molecular weight is 272 g/mol. The highest BCUT2D eigenvalue weighted by Gasteiger charge is 2.31. The molecule has 19 heavy (non-hydrogen) atoms. The van der Waals surface area contributed by atoms with E-state index in [4.69, 9.17) is 5.26 Å². The molecule has 1 aromatic carbocycles. The maximum absolute atomic E-state index is 12.5. The Hall–Kier alpha value is -1.74. The fraction of sp³-hybridized carbons (Fsp3) is 0.462. The number of hydrogen-bond acceptors (Lipinski definition) is 3. The lowest BCUT2D eigenvalue weighted by Gasteiger charge is -2.22. The first-order valence-electron chi connectivity index (χ1n) is 5.78. The molecule has 0 fully saturated rings.